The molecule has 1 amide bonds. The topological polar surface area (TPSA) is 78.7 Å². The fraction of sp³-hybridized carbons (Fsp3) is 0.333. The standard InChI is InChI=1S/C9H8N4O/c10-13-12-9(14)8-4-7(8)6-2-1-3-11-5-6/h1-3,5,7-8H,4H2. The van der Waals surface area contributed by atoms with Crippen molar-refractivity contribution in [1.82, 2.24) is 4.98 Å². The van der Waals surface area contributed by atoms with E-state index in [4.69, 9.17) is 5.53 Å². The summed E-state index contributed by atoms with van der Waals surface area (Å²) in [6.45, 7) is 0. The summed E-state index contributed by atoms with van der Waals surface area (Å²) in [6.07, 6.45) is 4.20. The number of pyridine rings is 1. The Morgan fingerprint density at radius 3 is 3.21 bits per heavy atom. The molecular formula is C9H8N4O. The molecule has 2 rings (SSSR count). The molecule has 1 aliphatic carbocycles. The second kappa shape index (κ2) is 3.47. The van der Waals surface area contributed by atoms with Gasteiger partial charge in [0.1, 0.15) is 0 Å². The molecule has 1 heterocycles. The van der Waals surface area contributed by atoms with E-state index in [9.17, 15) is 4.79 Å². The van der Waals surface area contributed by atoms with Crippen molar-refractivity contribution < 1.29 is 4.79 Å². The second-order valence-corrected chi connectivity index (χ2v) is 3.26. The molecule has 0 aromatic carbocycles. The maximum Gasteiger partial charge on any atom is 0.222 e. The number of carbonyl (C=O) groups excluding carboxylic acids is 1. The molecule has 0 bridgehead atoms. The van der Waals surface area contributed by atoms with Gasteiger partial charge >= 0.3 is 0 Å². The molecule has 70 valence electrons. The van der Waals surface area contributed by atoms with Crippen molar-refractivity contribution in [3.63, 3.8) is 0 Å². The van der Waals surface area contributed by atoms with Gasteiger partial charge in [-0.05, 0) is 34.6 Å². The fourth-order valence-electron chi connectivity index (χ4n) is 1.55. The molecule has 0 N–H and O–H groups in total. The minimum absolute atomic E-state index is 0.130. The number of nitrogens with zero attached hydrogens (tertiary/aromatic N) is 4. The lowest BCUT2D eigenvalue weighted by Crippen LogP contribution is -1.96. The van der Waals surface area contributed by atoms with E-state index in [1.165, 1.54) is 0 Å². The van der Waals surface area contributed by atoms with Gasteiger partial charge in [-0.3, -0.25) is 9.78 Å². The Hall–Kier alpha value is -1.87. The Balaban J connectivity index is 2.07. The van der Waals surface area contributed by atoms with Gasteiger partial charge < -0.3 is 0 Å². The van der Waals surface area contributed by atoms with Crippen LogP contribution in [-0.2, 0) is 4.79 Å². The highest BCUT2D eigenvalue weighted by atomic mass is 16.2. The van der Waals surface area contributed by atoms with Crippen LogP contribution in [0.2, 0.25) is 0 Å². The third kappa shape index (κ3) is 1.58. The molecule has 1 aromatic rings. The van der Waals surface area contributed by atoms with Gasteiger partial charge in [0.05, 0.1) is 0 Å². The van der Waals surface area contributed by atoms with Crippen LogP contribution in [0.5, 0.6) is 0 Å². The number of rotatable bonds is 2. The summed E-state index contributed by atoms with van der Waals surface area (Å²) in [5, 5.41) is 3.08. The lowest BCUT2D eigenvalue weighted by molar-refractivity contribution is -0.119. The van der Waals surface area contributed by atoms with Crippen LogP contribution in [0.1, 0.15) is 17.9 Å². The molecule has 1 aliphatic rings. The predicted octanol–water partition coefficient (Wildman–Crippen LogP) is 2.02. The maximum absolute atomic E-state index is 11.1. The molecule has 0 spiro atoms. The summed E-state index contributed by atoms with van der Waals surface area (Å²) >= 11 is 0. The van der Waals surface area contributed by atoms with E-state index in [0.29, 0.717) is 0 Å². The molecule has 2 atom stereocenters. The minimum atomic E-state index is -0.360. The van der Waals surface area contributed by atoms with E-state index < -0.39 is 0 Å². The Labute approximate surface area is 80.4 Å². The summed E-state index contributed by atoms with van der Waals surface area (Å²) < 4.78 is 0. The molecule has 5 nitrogen and oxygen atoms in total. The zero-order valence-electron chi connectivity index (χ0n) is 7.37. The summed E-state index contributed by atoms with van der Waals surface area (Å²) in [6, 6.07) is 3.77. The van der Waals surface area contributed by atoms with Crippen LogP contribution < -0.4 is 0 Å². The second-order valence-electron chi connectivity index (χ2n) is 3.26. The first-order valence-corrected chi connectivity index (χ1v) is 4.32. The smallest absolute Gasteiger partial charge is 0.222 e. The van der Waals surface area contributed by atoms with Crippen molar-refractivity contribution in [3.05, 3.63) is 40.5 Å². The van der Waals surface area contributed by atoms with Crippen LogP contribution in [0.25, 0.3) is 10.4 Å². The van der Waals surface area contributed by atoms with Crippen LogP contribution in [0.15, 0.2) is 29.6 Å². The van der Waals surface area contributed by atoms with Gasteiger partial charge in [0.25, 0.3) is 0 Å². The van der Waals surface area contributed by atoms with Crippen molar-refractivity contribution in [2.24, 2.45) is 11.0 Å². The summed E-state index contributed by atoms with van der Waals surface area (Å²) in [5.41, 5.74) is 9.14. The maximum atomic E-state index is 11.1. The van der Waals surface area contributed by atoms with Crippen LogP contribution >= 0.6 is 0 Å². The summed E-state index contributed by atoms with van der Waals surface area (Å²) in [7, 11) is 0. The van der Waals surface area contributed by atoms with Crippen molar-refractivity contribution in [1.29, 1.82) is 0 Å². The van der Waals surface area contributed by atoms with Crippen molar-refractivity contribution in [2.75, 3.05) is 0 Å². The van der Waals surface area contributed by atoms with Gasteiger partial charge in [-0.1, -0.05) is 6.07 Å². The monoisotopic (exact) mass is 188 g/mol. The van der Waals surface area contributed by atoms with E-state index in [1.807, 2.05) is 12.1 Å². The van der Waals surface area contributed by atoms with E-state index in [1.54, 1.807) is 12.4 Å². The minimum Gasteiger partial charge on any atom is -0.292 e. The van der Waals surface area contributed by atoms with Gasteiger partial charge in [0.15, 0.2) is 0 Å². The van der Waals surface area contributed by atoms with Gasteiger partial charge in [0.2, 0.25) is 5.91 Å². The molecule has 1 aromatic heterocycles. The Kier molecular flexibility index (Phi) is 2.16. The first-order chi connectivity index (χ1) is 6.83. The molecule has 0 saturated heterocycles. The van der Waals surface area contributed by atoms with E-state index in [0.717, 1.165) is 12.0 Å². The van der Waals surface area contributed by atoms with E-state index >= 15 is 0 Å². The van der Waals surface area contributed by atoms with Gasteiger partial charge in [-0.2, -0.15) is 0 Å². The molecule has 2 unspecified atom stereocenters. The average Bonchev–Trinajstić information content (AvgIpc) is 2.99. The normalized spacial score (nSPS) is 23.7. The molecule has 0 radical (unpaired) electrons. The average molecular weight is 188 g/mol. The highest BCUT2D eigenvalue weighted by Crippen LogP contribution is 2.47. The number of hydrogen-bond acceptors (Lipinski definition) is 2. The van der Waals surface area contributed by atoms with Crippen LogP contribution in [0.3, 0.4) is 0 Å². The number of amides is 1. The lowest BCUT2D eigenvalue weighted by atomic mass is 10.1. The highest BCUT2D eigenvalue weighted by molar-refractivity contribution is 5.83. The first kappa shape index (κ1) is 8.72. The largest absolute Gasteiger partial charge is 0.292 e. The summed E-state index contributed by atoms with van der Waals surface area (Å²) in [5.74, 6) is -0.293. The fourth-order valence-corrected chi connectivity index (χ4v) is 1.55. The zero-order chi connectivity index (χ0) is 9.97. The molecule has 1 fully saturated rings. The van der Waals surface area contributed by atoms with Gasteiger partial charge in [-0.15, -0.1) is 0 Å². The van der Waals surface area contributed by atoms with E-state index in [-0.39, 0.29) is 17.7 Å². The predicted molar refractivity (Wildman–Crippen MR) is 49.2 cm³/mol. The van der Waals surface area contributed by atoms with Gasteiger partial charge in [0, 0.05) is 23.2 Å². The third-order valence-corrected chi connectivity index (χ3v) is 2.36. The van der Waals surface area contributed by atoms with Crippen LogP contribution in [0.4, 0.5) is 0 Å². The zero-order valence-corrected chi connectivity index (χ0v) is 7.37. The Bertz CT molecular complexity index is 397. The van der Waals surface area contributed by atoms with E-state index in [2.05, 4.69) is 15.0 Å². The third-order valence-electron chi connectivity index (χ3n) is 2.36. The van der Waals surface area contributed by atoms with Crippen LogP contribution in [-0.4, -0.2) is 10.9 Å². The number of hydrogen-bond donors (Lipinski definition) is 0. The van der Waals surface area contributed by atoms with Crippen molar-refractivity contribution in [3.8, 4) is 0 Å². The van der Waals surface area contributed by atoms with Crippen molar-refractivity contribution >= 4 is 5.91 Å². The van der Waals surface area contributed by atoms with Crippen LogP contribution in [0, 0.1) is 5.92 Å². The quantitative estimate of drug-likeness (QED) is 0.404. The molecule has 14 heavy (non-hydrogen) atoms. The SMILES string of the molecule is [N-]=[N+]=NC(=O)C1CC1c1cccnc1. The molecule has 0 aliphatic heterocycles. The van der Waals surface area contributed by atoms with Gasteiger partial charge in [-0.25, -0.2) is 0 Å². The Morgan fingerprint density at radius 2 is 2.57 bits per heavy atom. The first-order valence-electron chi connectivity index (χ1n) is 4.32. The molecular weight excluding hydrogens is 180 g/mol. The molecule has 5 heteroatoms. The number of aromatic nitrogens is 1. The highest BCUT2D eigenvalue weighted by Gasteiger charge is 2.43. The molecule has 1 saturated carbocycles. The lowest BCUT2D eigenvalue weighted by Gasteiger charge is -1.95. The number of carbonyl (C=O) groups is 1. The Morgan fingerprint density at radius 1 is 1.71 bits per heavy atom. The number of azide groups is 1. The summed E-state index contributed by atoms with van der Waals surface area (Å²) in [4.78, 5) is 17.6. The van der Waals surface area contributed by atoms with Crippen molar-refractivity contribution in [2.45, 2.75) is 12.3 Å².